The maximum atomic E-state index is 12.6. The molecule has 2 amide bonds. The summed E-state index contributed by atoms with van der Waals surface area (Å²) in [5.74, 6) is -0.583. The number of aliphatic hydroxyl groups excluding tert-OH is 1. The molecule has 1 fully saturated rings. The highest BCUT2D eigenvalue weighted by atomic mass is 16.5. The van der Waals surface area contributed by atoms with E-state index in [0.29, 0.717) is 13.0 Å². The Labute approximate surface area is 149 Å². The van der Waals surface area contributed by atoms with Crippen LogP contribution in [0.15, 0.2) is 30.3 Å². The molecule has 2 rings (SSSR count). The zero-order valence-corrected chi connectivity index (χ0v) is 14.9. The molecule has 1 aromatic carbocycles. The Morgan fingerprint density at radius 3 is 2.76 bits per heavy atom. The van der Waals surface area contributed by atoms with Gasteiger partial charge in [0.15, 0.2) is 0 Å². The molecular weight excluding hydrogens is 320 g/mol. The van der Waals surface area contributed by atoms with Gasteiger partial charge in [0.05, 0.1) is 30.7 Å². The number of carbonyl (C=O) groups excluding carboxylic acids is 2. The fraction of sp³-hybridized carbons (Fsp3) is 0.579. The summed E-state index contributed by atoms with van der Waals surface area (Å²) >= 11 is 0. The summed E-state index contributed by atoms with van der Waals surface area (Å²) < 4.78 is 5.56. The first-order valence-electron chi connectivity index (χ1n) is 8.79. The molecular formula is C19H28N2O4. The smallest absolute Gasteiger partial charge is 0.225 e. The summed E-state index contributed by atoms with van der Waals surface area (Å²) in [6.45, 7) is 2.38. The van der Waals surface area contributed by atoms with Crippen molar-refractivity contribution < 1.29 is 19.4 Å². The summed E-state index contributed by atoms with van der Waals surface area (Å²) in [4.78, 5) is 25.6. The van der Waals surface area contributed by atoms with Gasteiger partial charge in [-0.2, -0.15) is 0 Å². The molecule has 1 aromatic rings. The fourth-order valence-corrected chi connectivity index (χ4v) is 3.53. The van der Waals surface area contributed by atoms with Crippen molar-refractivity contribution in [2.45, 2.75) is 44.4 Å². The van der Waals surface area contributed by atoms with E-state index in [1.165, 1.54) is 0 Å². The number of carbonyl (C=O) groups is 2. The van der Waals surface area contributed by atoms with Crippen LogP contribution in [-0.4, -0.2) is 60.8 Å². The highest BCUT2D eigenvalue weighted by molar-refractivity contribution is 5.79. The number of benzene rings is 1. The van der Waals surface area contributed by atoms with Crippen LogP contribution in [0.2, 0.25) is 0 Å². The maximum absolute atomic E-state index is 12.6. The third-order valence-electron chi connectivity index (χ3n) is 4.93. The van der Waals surface area contributed by atoms with Crippen molar-refractivity contribution in [3.8, 4) is 0 Å². The Kier molecular flexibility index (Phi) is 7.40. The van der Waals surface area contributed by atoms with Gasteiger partial charge in [-0.05, 0) is 24.8 Å². The molecule has 1 saturated heterocycles. The Morgan fingerprint density at radius 1 is 1.44 bits per heavy atom. The van der Waals surface area contributed by atoms with Crippen LogP contribution in [0, 0.1) is 5.92 Å². The quantitative estimate of drug-likeness (QED) is 0.652. The van der Waals surface area contributed by atoms with Gasteiger partial charge in [-0.3, -0.25) is 9.59 Å². The molecule has 1 aliphatic heterocycles. The molecule has 1 heterocycles. The lowest BCUT2D eigenvalue weighted by Crippen LogP contribution is -2.50. The van der Waals surface area contributed by atoms with E-state index >= 15 is 0 Å². The van der Waals surface area contributed by atoms with Gasteiger partial charge in [-0.1, -0.05) is 37.3 Å². The van der Waals surface area contributed by atoms with Gasteiger partial charge in [0.25, 0.3) is 0 Å². The first-order valence-corrected chi connectivity index (χ1v) is 8.79. The minimum Gasteiger partial charge on any atom is -0.394 e. The van der Waals surface area contributed by atoms with Gasteiger partial charge < -0.3 is 20.1 Å². The number of methoxy groups -OCH3 is 1. The molecule has 138 valence electrons. The molecule has 0 bridgehead atoms. The number of nitrogens with one attached hydrogen (secondary N) is 1. The summed E-state index contributed by atoms with van der Waals surface area (Å²) in [6, 6.07) is 9.31. The van der Waals surface area contributed by atoms with E-state index < -0.39 is 5.92 Å². The Hall–Kier alpha value is -1.92. The predicted octanol–water partition coefficient (Wildman–Crippen LogP) is 0.978. The number of hydrogen-bond donors (Lipinski definition) is 2. The third kappa shape index (κ3) is 5.03. The largest absolute Gasteiger partial charge is 0.394 e. The van der Waals surface area contributed by atoms with Crippen molar-refractivity contribution in [3.63, 3.8) is 0 Å². The Morgan fingerprint density at radius 2 is 2.16 bits per heavy atom. The van der Waals surface area contributed by atoms with Gasteiger partial charge in [0.1, 0.15) is 0 Å². The molecule has 6 heteroatoms. The molecule has 0 radical (unpaired) electrons. The summed E-state index contributed by atoms with van der Waals surface area (Å²) in [5, 5.41) is 12.5. The number of ether oxygens (including phenoxy) is 1. The van der Waals surface area contributed by atoms with E-state index in [2.05, 4.69) is 5.32 Å². The predicted molar refractivity (Wildman–Crippen MR) is 94.9 cm³/mol. The number of aliphatic hydroxyl groups is 1. The number of likely N-dealkylation sites (tertiary alicyclic amines) is 1. The molecule has 0 aliphatic carbocycles. The summed E-state index contributed by atoms with van der Waals surface area (Å²) in [6.07, 6.45) is 2.80. The normalized spacial score (nSPS) is 20.8. The van der Waals surface area contributed by atoms with Crippen LogP contribution >= 0.6 is 0 Å². The molecule has 4 atom stereocenters. The van der Waals surface area contributed by atoms with E-state index in [1.807, 2.05) is 37.3 Å². The van der Waals surface area contributed by atoms with Crippen molar-refractivity contribution in [2.24, 2.45) is 5.92 Å². The van der Waals surface area contributed by atoms with Crippen molar-refractivity contribution in [3.05, 3.63) is 35.9 Å². The molecule has 0 saturated carbocycles. The third-order valence-corrected chi connectivity index (χ3v) is 4.93. The van der Waals surface area contributed by atoms with Gasteiger partial charge in [-0.25, -0.2) is 0 Å². The average Bonchev–Trinajstić information content (AvgIpc) is 3.10. The number of amides is 2. The van der Waals surface area contributed by atoms with Crippen molar-refractivity contribution in [2.75, 3.05) is 20.3 Å². The zero-order valence-electron chi connectivity index (χ0n) is 14.9. The van der Waals surface area contributed by atoms with E-state index in [4.69, 9.17) is 4.74 Å². The van der Waals surface area contributed by atoms with Gasteiger partial charge in [-0.15, -0.1) is 0 Å². The lowest BCUT2D eigenvalue weighted by Gasteiger charge is -2.32. The molecule has 25 heavy (non-hydrogen) atoms. The monoisotopic (exact) mass is 348 g/mol. The second kappa shape index (κ2) is 9.53. The highest BCUT2D eigenvalue weighted by Gasteiger charge is 2.37. The van der Waals surface area contributed by atoms with Crippen molar-refractivity contribution in [1.29, 1.82) is 0 Å². The average molecular weight is 348 g/mol. The highest BCUT2D eigenvalue weighted by Crippen LogP contribution is 2.25. The van der Waals surface area contributed by atoms with Crippen molar-refractivity contribution in [1.82, 2.24) is 10.2 Å². The molecule has 0 aromatic heterocycles. The van der Waals surface area contributed by atoms with Gasteiger partial charge in [0, 0.05) is 13.7 Å². The van der Waals surface area contributed by atoms with Crippen LogP contribution in [0.3, 0.4) is 0 Å². The fourth-order valence-electron chi connectivity index (χ4n) is 3.53. The molecule has 6 nitrogen and oxygen atoms in total. The first kappa shape index (κ1) is 19.4. The van der Waals surface area contributed by atoms with Crippen LogP contribution < -0.4 is 5.32 Å². The minimum absolute atomic E-state index is 0.0788. The Balaban J connectivity index is 1.98. The van der Waals surface area contributed by atoms with E-state index in [9.17, 15) is 14.7 Å². The second-order valence-electron chi connectivity index (χ2n) is 6.62. The van der Waals surface area contributed by atoms with Gasteiger partial charge in [0.2, 0.25) is 12.3 Å². The first-order chi connectivity index (χ1) is 12.1. The lowest BCUT2D eigenvalue weighted by molar-refractivity contribution is -0.134. The molecule has 3 unspecified atom stereocenters. The number of rotatable bonds is 9. The topological polar surface area (TPSA) is 78.9 Å². The van der Waals surface area contributed by atoms with E-state index in [0.717, 1.165) is 24.8 Å². The van der Waals surface area contributed by atoms with Crippen LogP contribution in [0.5, 0.6) is 0 Å². The van der Waals surface area contributed by atoms with Crippen LogP contribution in [-0.2, 0) is 20.7 Å². The van der Waals surface area contributed by atoms with Crippen molar-refractivity contribution >= 4 is 12.3 Å². The lowest BCUT2D eigenvalue weighted by atomic mass is 9.94. The zero-order chi connectivity index (χ0) is 18.2. The summed E-state index contributed by atoms with van der Waals surface area (Å²) in [7, 11) is 1.57. The molecule has 2 N–H and O–H groups in total. The Bertz CT molecular complexity index is 552. The minimum atomic E-state index is -0.416. The number of hydrogen-bond acceptors (Lipinski definition) is 4. The summed E-state index contributed by atoms with van der Waals surface area (Å²) in [5.41, 5.74) is 1.06. The second-order valence-corrected chi connectivity index (χ2v) is 6.62. The van der Waals surface area contributed by atoms with E-state index in [-0.39, 0.29) is 30.7 Å². The SMILES string of the molecule is COC(C(C)C(=O)N[C@H](CO)Cc1ccccc1)C1CCCN1C=O. The van der Waals surface area contributed by atoms with Crippen LogP contribution in [0.1, 0.15) is 25.3 Å². The van der Waals surface area contributed by atoms with E-state index in [1.54, 1.807) is 12.0 Å². The molecule has 0 spiro atoms. The number of nitrogens with zero attached hydrogens (tertiary/aromatic N) is 1. The molecule has 1 aliphatic rings. The maximum Gasteiger partial charge on any atom is 0.225 e. The standard InChI is InChI=1S/C19H28N2O4/c1-14(18(25-2)17-9-6-10-21(17)13-23)19(24)20-16(12-22)11-15-7-4-3-5-8-15/h3-5,7-8,13-14,16-18,22H,6,9-12H2,1-2H3,(H,20,24)/t14?,16-,17?,18?/m0/s1. The van der Waals surface area contributed by atoms with Crippen LogP contribution in [0.4, 0.5) is 0 Å². The van der Waals surface area contributed by atoms with Gasteiger partial charge >= 0.3 is 0 Å². The van der Waals surface area contributed by atoms with Crippen LogP contribution in [0.25, 0.3) is 0 Å².